The molecule has 110 valence electrons. The first-order valence-corrected chi connectivity index (χ1v) is 6.93. The third kappa shape index (κ3) is 4.48. The molecule has 0 radical (unpaired) electrons. The summed E-state index contributed by atoms with van der Waals surface area (Å²) in [5.41, 5.74) is 5.39. The van der Waals surface area contributed by atoms with Crippen molar-refractivity contribution >= 4 is 27.9 Å². The van der Waals surface area contributed by atoms with Gasteiger partial charge in [0.05, 0.1) is 0 Å². The van der Waals surface area contributed by atoms with Gasteiger partial charge in [0.1, 0.15) is 11.9 Å². The third-order valence-corrected chi connectivity index (χ3v) is 3.28. The number of amides is 3. The Morgan fingerprint density at radius 3 is 2.70 bits per heavy atom. The first kappa shape index (κ1) is 16.4. The van der Waals surface area contributed by atoms with Crippen LogP contribution in [0, 0.1) is 5.82 Å². The maximum atomic E-state index is 13.7. The molecule has 0 spiro atoms. The standard InChI is InChI=1S/C13H17BrFN3O2/c1-3-18(12(19)8(2)17-13(16)20)7-9-6-10(14)4-5-11(9)15/h4-6,8H,3,7H2,1-2H3,(H3,16,17,20)/t8-/m1/s1. The number of likely N-dealkylation sites (N-methyl/N-ethyl adjacent to an activating group) is 1. The molecule has 0 aliphatic heterocycles. The van der Waals surface area contributed by atoms with Gasteiger partial charge in [0, 0.05) is 23.1 Å². The summed E-state index contributed by atoms with van der Waals surface area (Å²) in [6, 6.07) is 3.03. The second-order valence-electron chi connectivity index (χ2n) is 4.32. The van der Waals surface area contributed by atoms with E-state index in [4.69, 9.17) is 5.73 Å². The monoisotopic (exact) mass is 345 g/mol. The minimum Gasteiger partial charge on any atom is -0.352 e. The van der Waals surface area contributed by atoms with Gasteiger partial charge in [-0.1, -0.05) is 15.9 Å². The molecule has 0 heterocycles. The summed E-state index contributed by atoms with van der Waals surface area (Å²) < 4.78 is 14.4. The molecule has 5 nitrogen and oxygen atoms in total. The molecule has 3 N–H and O–H groups in total. The highest BCUT2D eigenvalue weighted by Gasteiger charge is 2.21. The van der Waals surface area contributed by atoms with Gasteiger partial charge in [-0.15, -0.1) is 0 Å². The average Bonchev–Trinajstić information content (AvgIpc) is 2.38. The molecule has 0 aliphatic rings. The van der Waals surface area contributed by atoms with Crippen molar-refractivity contribution in [2.75, 3.05) is 6.54 Å². The molecule has 3 amide bonds. The van der Waals surface area contributed by atoms with Crippen molar-refractivity contribution in [3.05, 3.63) is 34.1 Å². The van der Waals surface area contributed by atoms with E-state index in [0.29, 0.717) is 12.1 Å². The molecule has 0 aliphatic carbocycles. The maximum Gasteiger partial charge on any atom is 0.312 e. The second kappa shape index (κ2) is 7.23. The molecule has 1 aromatic rings. The highest BCUT2D eigenvalue weighted by atomic mass is 79.9. The Balaban J connectivity index is 2.83. The van der Waals surface area contributed by atoms with Crippen LogP contribution in [0.5, 0.6) is 0 Å². The topological polar surface area (TPSA) is 75.4 Å². The quantitative estimate of drug-likeness (QED) is 0.856. The van der Waals surface area contributed by atoms with Crippen molar-refractivity contribution in [1.82, 2.24) is 10.2 Å². The van der Waals surface area contributed by atoms with Crippen molar-refractivity contribution in [3.8, 4) is 0 Å². The van der Waals surface area contributed by atoms with E-state index < -0.39 is 12.1 Å². The van der Waals surface area contributed by atoms with Gasteiger partial charge in [0.25, 0.3) is 0 Å². The fourth-order valence-electron chi connectivity index (χ4n) is 1.76. The molecular formula is C13H17BrFN3O2. The summed E-state index contributed by atoms with van der Waals surface area (Å²) in [4.78, 5) is 24.3. The van der Waals surface area contributed by atoms with Crippen LogP contribution in [0.25, 0.3) is 0 Å². The lowest BCUT2D eigenvalue weighted by molar-refractivity contribution is -0.133. The number of nitrogens with zero attached hydrogens (tertiary/aromatic N) is 1. The zero-order valence-electron chi connectivity index (χ0n) is 11.3. The largest absolute Gasteiger partial charge is 0.352 e. The van der Waals surface area contributed by atoms with E-state index in [0.717, 1.165) is 4.47 Å². The average molecular weight is 346 g/mol. The Kier molecular flexibility index (Phi) is 5.94. The molecule has 0 unspecified atom stereocenters. The van der Waals surface area contributed by atoms with Crippen molar-refractivity contribution in [2.24, 2.45) is 5.73 Å². The first-order valence-electron chi connectivity index (χ1n) is 6.13. The first-order chi connectivity index (χ1) is 9.35. The highest BCUT2D eigenvalue weighted by molar-refractivity contribution is 9.10. The molecule has 0 saturated carbocycles. The fraction of sp³-hybridized carbons (Fsp3) is 0.385. The van der Waals surface area contributed by atoms with Crippen molar-refractivity contribution in [1.29, 1.82) is 0 Å². The second-order valence-corrected chi connectivity index (χ2v) is 5.23. The molecule has 20 heavy (non-hydrogen) atoms. The van der Waals surface area contributed by atoms with Gasteiger partial charge in [-0.05, 0) is 32.0 Å². The molecule has 0 aromatic heterocycles. The Morgan fingerprint density at radius 2 is 2.15 bits per heavy atom. The summed E-state index contributed by atoms with van der Waals surface area (Å²) in [6.45, 7) is 3.85. The summed E-state index contributed by atoms with van der Waals surface area (Å²) in [7, 11) is 0. The van der Waals surface area contributed by atoms with Gasteiger partial charge < -0.3 is 16.0 Å². The van der Waals surface area contributed by atoms with Crippen molar-refractivity contribution < 1.29 is 14.0 Å². The van der Waals surface area contributed by atoms with Crippen LogP contribution in [0.1, 0.15) is 19.4 Å². The van der Waals surface area contributed by atoms with Crippen LogP contribution in [-0.2, 0) is 11.3 Å². The van der Waals surface area contributed by atoms with Gasteiger partial charge in [0.15, 0.2) is 0 Å². The van der Waals surface area contributed by atoms with Crippen molar-refractivity contribution in [3.63, 3.8) is 0 Å². The van der Waals surface area contributed by atoms with E-state index in [9.17, 15) is 14.0 Å². The number of benzene rings is 1. The van der Waals surface area contributed by atoms with E-state index in [1.165, 1.54) is 17.9 Å². The number of rotatable bonds is 5. The Morgan fingerprint density at radius 1 is 1.50 bits per heavy atom. The van der Waals surface area contributed by atoms with E-state index in [1.54, 1.807) is 19.1 Å². The van der Waals surface area contributed by atoms with Gasteiger partial charge in [-0.3, -0.25) is 4.79 Å². The number of carbonyl (C=O) groups excluding carboxylic acids is 2. The van der Waals surface area contributed by atoms with E-state index in [-0.39, 0.29) is 18.3 Å². The van der Waals surface area contributed by atoms with Gasteiger partial charge in [0.2, 0.25) is 5.91 Å². The summed E-state index contributed by atoms with van der Waals surface area (Å²) >= 11 is 3.26. The zero-order chi connectivity index (χ0) is 15.3. The van der Waals surface area contributed by atoms with Gasteiger partial charge >= 0.3 is 6.03 Å². The number of hydrogen-bond acceptors (Lipinski definition) is 2. The van der Waals surface area contributed by atoms with Crippen LogP contribution in [0.15, 0.2) is 22.7 Å². The van der Waals surface area contributed by atoms with E-state index in [2.05, 4.69) is 21.2 Å². The third-order valence-electron chi connectivity index (χ3n) is 2.79. The Labute approximate surface area is 125 Å². The lowest BCUT2D eigenvalue weighted by atomic mass is 10.2. The van der Waals surface area contributed by atoms with Crippen LogP contribution in [0.4, 0.5) is 9.18 Å². The number of primary amides is 1. The number of carbonyl (C=O) groups is 2. The smallest absolute Gasteiger partial charge is 0.312 e. The SMILES string of the molecule is CCN(Cc1cc(Br)ccc1F)C(=O)[C@@H](C)NC(N)=O. The fourth-order valence-corrected chi connectivity index (χ4v) is 2.17. The van der Waals surface area contributed by atoms with Crippen molar-refractivity contribution in [2.45, 2.75) is 26.4 Å². The summed E-state index contributed by atoms with van der Waals surface area (Å²) in [6.07, 6.45) is 0. The minimum absolute atomic E-state index is 0.130. The molecule has 0 bridgehead atoms. The van der Waals surface area contributed by atoms with Gasteiger partial charge in [-0.2, -0.15) is 0 Å². The lowest BCUT2D eigenvalue weighted by Crippen LogP contribution is -2.48. The molecule has 1 atom stereocenters. The normalized spacial score (nSPS) is 11.8. The van der Waals surface area contributed by atoms with Crippen LogP contribution in [0.2, 0.25) is 0 Å². The van der Waals surface area contributed by atoms with Crippen LogP contribution < -0.4 is 11.1 Å². The summed E-state index contributed by atoms with van der Waals surface area (Å²) in [5.74, 6) is -0.694. The number of nitrogens with one attached hydrogen (secondary N) is 1. The van der Waals surface area contributed by atoms with Crippen LogP contribution in [0.3, 0.4) is 0 Å². The predicted octanol–water partition coefficient (Wildman–Crippen LogP) is 1.99. The lowest BCUT2D eigenvalue weighted by Gasteiger charge is -2.25. The molecule has 7 heteroatoms. The zero-order valence-corrected chi connectivity index (χ0v) is 12.9. The summed E-state index contributed by atoms with van der Waals surface area (Å²) in [5, 5.41) is 2.31. The number of urea groups is 1. The van der Waals surface area contributed by atoms with Gasteiger partial charge in [-0.25, -0.2) is 9.18 Å². The Hall–Kier alpha value is -1.63. The minimum atomic E-state index is -0.768. The van der Waals surface area contributed by atoms with E-state index in [1.807, 2.05) is 0 Å². The predicted molar refractivity (Wildman–Crippen MR) is 77.4 cm³/mol. The van der Waals surface area contributed by atoms with Crippen LogP contribution in [-0.4, -0.2) is 29.4 Å². The van der Waals surface area contributed by atoms with Crippen LogP contribution >= 0.6 is 15.9 Å². The molecule has 1 aromatic carbocycles. The molecule has 0 saturated heterocycles. The molecular weight excluding hydrogens is 329 g/mol. The molecule has 0 fully saturated rings. The van der Waals surface area contributed by atoms with E-state index >= 15 is 0 Å². The maximum absolute atomic E-state index is 13.7. The molecule has 1 rings (SSSR count). The number of hydrogen-bond donors (Lipinski definition) is 2. The number of halogens is 2. The highest BCUT2D eigenvalue weighted by Crippen LogP contribution is 2.17. The number of nitrogens with two attached hydrogens (primary N) is 1. The Bertz CT molecular complexity index is 510.